The SMILES string of the molecule is CCNC(=O)C(C)Sc1nccn1C1CC1. The first kappa shape index (κ1) is 11.5. The highest BCUT2D eigenvalue weighted by Crippen LogP contribution is 2.38. The highest BCUT2D eigenvalue weighted by atomic mass is 32.2. The summed E-state index contributed by atoms with van der Waals surface area (Å²) in [5.74, 6) is 0.0813. The van der Waals surface area contributed by atoms with Gasteiger partial charge in [-0.25, -0.2) is 4.98 Å². The second-order valence-electron chi connectivity index (χ2n) is 4.00. The number of hydrogen-bond acceptors (Lipinski definition) is 3. The van der Waals surface area contributed by atoms with Gasteiger partial charge in [0, 0.05) is 25.0 Å². The van der Waals surface area contributed by atoms with Crippen molar-refractivity contribution in [1.82, 2.24) is 14.9 Å². The van der Waals surface area contributed by atoms with E-state index in [9.17, 15) is 4.79 Å². The largest absolute Gasteiger partial charge is 0.355 e. The van der Waals surface area contributed by atoms with E-state index in [-0.39, 0.29) is 11.2 Å². The minimum Gasteiger partial charge on any atom is -0.355 e. The number of imidazole rings is 1. The quantitative estimate of drug-likeness (QED) is 0.797. The molecule has 1 aromatic rings. The van der Waals surface area contributed by atoms with Gasteiger partial charge in [-0.1, -0.05) is 11.8 Å². The van der Waals surface area contributed by atoms with Gasteiger partial charge < -0.3 is 9.88 Å². The van der Waals surface area contributed by atoms with E-state index in [4.69, 9.17) is 0 Å². The Hall–Kier alpha value is -0.970. The van der Waals surface area contributed by atoms with Gasteiger partial charge in [0.1, 0.15) is 0 Å². The summed E-state index contributed by atoms with van der Waals surface area (Å²) >= 11 is 1.53. The fraction of sp³-hybridized carbons (Fsp3) is 0.636. The van der Waals surface area contributed by atoms with Crippen LogP contribution in [0.25, 0.3) is 0 Å². The number of aromatic nitrogens is 2. The molecule has 0 bridgehead atoms. The van der Waals surface area contributed by atoms with Crippen LogP contribution in [0.5, 0.6) is 0 Å². The number of amides is 1. The third-order valence-electron chi connectivity index (χ3n) is 2.58. The Morgan fingerprint density at radius 3 is 3.12 bits per heavy atom. The molecule has 1 amide bonds. The molecule has 16 heavy (non-hydrogen) atoms. The van der Waals surface area contributed by atoms with E-state index in [1.165, 1.54) is 24.6 Å². The molecule has 2 rings (SSSR count). The lowest BCUT2D eigenvalue weighted by Gasteiger charge is -2.11. The Bertz CT molecular complexity index is 373. The van der Waals surface area contributed by atoms with Crippen molar-refractivity contribution >= 4 is 17.7 Å². The second kappa shape index (κ2) is 4.91. The van der Waals surface area contributed by atoms with Crippen LogP contribution in [-0.4, -0.2) is 27.3 Å². The number of hydrogen-bond donors (Lipinski definition) is 1. The maximum absolute atomic E-state index is 11.6. The van der Waals surface area contributed by atoms with Crippen LogP contribution >= 0.6 is 11.8 Å². The predicted octanol–water partition coefficient (Wildman–Crippen LogP) is 1.83. The molecule has 0 saturated heterocycles. The van der Waals surface area contributed by atoms with Crippen molar-refractivity contribution in [2.24, 2.45) is 0 Å². The Morgan fingerprint density at radius 1 is 1.75 bits per heavy atom. The summed E-state index contributed by atoms with van der Waals surface area (Å²) in [5.41, 5.74) is 0. The molecule has 1 unspecified atom stereocenters. The monoisotopic (exact) mass is 239 g/mol. The van der Waals surface area contributed by atoms with Crippen molar-refractivity contribution in [1.29, 1.82) is 0 Å². The fourth-order valence-corrected chi connectivity index (χ4v) is 2.51. The van der Waals surface area contributed by atoms with Crippen LogP contribution in [0.3, 0.4) is 0 Å². The van der Waals surface area contributed by atoms with Gasteiger partial charge in [0.15, 0.2) is 5.16 Å². The van der Waals surface area contributed by atoms with Crippen LogP contribution in [0.1, 0.15) is 32.7 Å². The Morgan fingerprint density at radius 2 is 2.50 bits per heavy atom. The van der Waals surface area contributed by atoms with Crippen LogP contribution in [0.15, 0.2) is 17.6 Å². The summed E-state index contributed by atoms with van der Waals surface area (Å²) < 4.78 is 2.18. The van der Waals surface area contributed by atoms with E-state index in [2.05, 4.69) is 14.9 Å². The molecule has 1 aliphatic carbocycles. The normalized spacial score (nSPS) is 17.1. The summed E-state index contributed by atoms with van der Waals surface area (Å²) in [6.07, 6.45) is 6.29. The van der Waals surface area contributed by atoms with Crippen molar-refractivity contribution in [3.05, 3.63) is 12.4 Å². The minimum absolute atomic E-state index is 0.0813. The van der Waals surface area contributed by atoms with Gasteiger partial charge in [0.2, 0.25) is 5.91 Å². The summed E-state index contributed by atoms with van der Waals surface area (Å²) in [5, 5.41) is 3.70. The van der Waals surface area contributed by atoms with Crippen molar-refractivity contribution in [2.45, 2.75) is 43.1 Å². The van der Waals surface area contributed by atoms with Crippen molar-refractivity contribution in [3.63, 3.8) is 0 Å². The Kier molecular flexibility index (Phi) is 3.53. The average Bonchev–Trinajstić information content (AvgIpc) is 3.00. The van der Waals surface area contributed by atoms with Gasteiger partial charge in [0.25, 0.3) is 0 Å². The van der Waals surface area contributed by atoms with E-state index in [0.29, 0.717) is 12.6 Å². The molecule has 0 radical (unpaired) electrons. The standard InChI is InChI=1S/C11H17N3OS/c1-3-12-10(15)8(2)16-11-13-6-7-14(11)9-4-5-9/h6-9H,3-5H2,1-2H3,(H,12,15). The van der Waals surface area contributed by atoms with Crippen molar-refractivity contribution in [2.75, 3.05) is 6.54 Å². The fourth-order valence-electron chi connectivity index (χ4n) is 1.55. The van der Waals surface area contributed by atoms with Crippen molar-refractivity contribution < 1.29 is 4.79 Å². The second-order valence-corrected chi connectivity index (χ2v) is 5.31. The molecular formula is C11H17N3OS. The lowest BCUT2D eigenvalue weighted by atomic mass is 10.4. The van der Waals surface area contributed by atoms with E-state index < -0.39 is 0 Å². The van der Waals surface area contributed by atoms with Crippen LogP contribution < -0.4 is 5.32 Å². The first-order valence-corrected chi connectivity index (χ1v) is 6.57. The maximum Gasteiger partial charge on any atom is 0.233 e. The van der Waals surface area contributed by atoms with E-state index >= 15 is 0 Å². The van der Waals surface area contributed by atoms with Crippen LogP contribution in [0, 0.1) is 0 Å². The average molecular weight is 239 g/mol. The topological polar surface area (TPSA) is 46.9 Å². The third-order valence-corrected chi connectivity index (χ3v) is 3.67. The first-order valence-electron chi connectivity index (χ1n) is 5.69. The predicted molar refractivity (Wildman–Crippen MR) is 64.5 cm³/mol. The zero-order chi connectivity index (χ0) is 11.5. The van der Waals surface area contributed by atoms with Crippen LogP contribution in [0.4, 0.5) is 0 Å². The van der Waals surface area contributed by atoms with Crippen LogP contribution in [-0.2, 0) is 4.79 Å². The zero-order valence-corrected chi connectivity index (χ0v) is 10.5. The molecule has 5 heteroatoms. The summed E-state index contributed by atoms with van der Waals surface area (Å²) in [7, 11) is 0. The molecule has 4 nitrogen and oxygen atoms in total. The van der Waals surface area contributed by atoms with E-state index in [1.54, 1.807) is 0 Å². The van der Waals surface area contributed by atoms with Crippen LogP contribution in [0.2, 0.25) is 0 Å². The molecule has 1 N–H and O–H groups in total. The lowest BCUT2D eigenvalue weighted by Crippen LogP contribution is -2.30. The molecule has 1 aromatic heterocycles. The number of carbonyl (C=O) groups is 1. The lowest BCUT2D eigenvalue weighted by molar-refractivity contribution is -0.120. The maximum atomic E-state index is 11.6. The third kappa shape index (κ3) is 2.58. The van der Waals surface area contributed by atoms with E-state index in [1.807, 2.05) is 26.2 Å². The number of nitrogens with zero attached hydrogens (tertiary/aromatic N) is 2. The molecule has 1 atom stereocenters. The molecular weight excluding hydrogens is 222 g/mol. The highest BCUT2D eigenvalue weighted by Gasteiger charge is 2.27. The smallest absolute Gasteiger partial charge is 0.233 e. The molecule has 1 fully saturated rings. The molecule has 1 heterocycles. The Balaban J connectivity index is 1.97. The molecule has 0 aromatic carbocycles. The van der Waals surface area contributed by atoms with Gasteiger partial charge >= 0.3 is 0 Å². The van der Waals surface area contributed by atoms with Gasteiger partial charge in [0.05, 0.1) is 5.25 Å². The molecule has 88 valence electrons. The zero-order valence-electron chi connectivity index (χ0n) is 9.64. The summed E-state index contributed by atoms with van der Waals surface area (Å²) in [4.78, 5) is 15.9. The molecule has 0 spiro atoms. The van der Waals surface area contributed by atoms with Crippen molar-refractivity contribution in [3.8, 4) is 0 Å². The highest BCUT2D eigenvalue weighted by molar-refractivity contribution is 8.00. The summed E-state index contributed by atoms with van der Waals surface area (Å²) in [6, 6.07) is 0.617. The van der Waals surface area contributed by atoms with Gasteiger partial charge in [-0.15, -0.1) is 0 Å². The van der Waals surface area contributed by atoms with E-state index in [0.717, 1.165) is 5.16 Å². The summed E-state index contributed by atoms with van der Waals surface area (Å²) in [6.45, 7) is 4.53. The van der Waals surface area contributed by atoms with Gasteiger partial charge in [-0.2, -0.15) is 0 Å². The number of carbonyl (C=O) groups excluding carboxylic acids is 1. The Labute approximate surface area is 99.8 Å². The molecule has 1 saturated carbocycles. The van der Waals surface area contributed by atoms with Gasteiger partial charge in [-0.3, -0.25) is 4.79 Å². The number of thioether (sulfide) groups is 1. The molecule has 1 aliphatic rings. The first-order chi connectivity index (χ1) is 7.72. The van der Waals surface area contributed by atoms with Gasteiger partial charge in [-0.05, 0) is 26.7 Å². The molecule has 0 aliphatic heterocycles. The number of nitrogens with one attached hydrogen (secondary N) is 1. The number of rotatable bonds is 5. The minimum atomic E-state index is -0.0835.